The molecule has 3 heterocycles. The van der Waals surface area contributed by atoms with Crippen molar-refractivity contribution in [3.05, 3.63) is 23.8 Å². The second kappa shape index (κ2) is 3.40. The predicted molar refractivity (Wildman–Crippen MR) is 67.3 cm³/mol. The Kier molecular flexibility index (Phi) is 2.09. The van der Waals surface area contributed by atoms with Crippen LogP contribution in [-0.4, -0.2) is 29.6 Å². The summed E-state index contributed by atoms with van der Waals surface area (Å²) in [6.07, 6.45) is 2.05. The summed E-state index contributed by atoms with van der Waals surface area (Å²) >= 11 is 0. The van der Waals surface area contributed by atoms with Crippen LogP contribution < -0.4 is 0 Å². The second-order valence-electron chi connectivity index (χ2n) is 6.53. The molecule has 2 bridgehead atoms. The van der Waals surface area contributed by atoms with E-state index in [4.69, 9.17) is 14.5 Å². The van der Waals surface area contributed by atoms with E-state index in [0.717, 1.165) is 5.57 Å². The molecule has 3 fully saturated rings. The molecule has 0 aromatic carbocycles. The van der Waals surface area contributed by atoms with E-state index in [1.165, 1.54) is 0 Å². The van der Waals surface area contributed by atoms with Crippen LogP contribution in [0.5, 0.6) is 0 Å². The average Bonchev–Trinajstić information content (AvgIpc) is 2.71. The number of carbonyl (C=O) groups is 2. The van der Waals surface area contributed by atoms with Gasteiger partial charge >= 0.3 is 5.97 Å². The number of rotatable bonds is 0. The summed E-state index contributed by atoms with van der Waals surface area (Å²) in [6.45, 7) is 7.58. The third-order valence-electron chi connectivity index (χ3n) is 5.40. The summed E-state index contributed by atoms with van der Waals surface area (Å²) in [5.74, 6) is -0.327. The third kappa shape index (κ3) is 1.13. The van der Waals surface area contributed by atoms with Crippen molar-refractivity contribution in [2.24, 2.45) is 11.3 Å². The van der Waals surface area contributed by atoms with Crippen molar-refractivity contribution in [2.45, 2.75) is 44.5 Å². The van der Waals surface area contributed by atoms with E-state index in [-0.39, 0.29) is 23.8 Å². The van der Waals surface area contributed by atoms with Crippen molar-refractivity contribution in [1.29, 1.82) is 0 Å². The van der Waals surface area contributed by atoms with E-state index in [1.807, 2.05) is 13.8 Å². The molecule has 5 rings (SSSR count). The minimum atomic E-state index is -0.815. The van der Waals surface area contributed by atoms with Gasteiger partial charge in [-0.15, -0.1) is 0 Å². The first-order valence-electron chi connectivity index (χ1n) is 6.89. The highest BCUT2D eigenvalue weighted by atomic mass is 17.2. The monoisotopic (exact) mass is 276 g/mol. The van der Waals surface area contributed by atoms with Crippen LogP contribution in [0.2, 0.25) is 0 Å². The fourth-order valence-electron chi connectivity index (χ4n) is 4.04. The van der Waals surface area contributed by atoms with Crippen LogP contribution >= 0.6 is 0 Å². The van der Waals surface area contributed by atoms with E-state index >= 15 is 0 Å². The molecule has 5 aliphatic rings. The largest absolute Gasteiger partial charge is 0.454 e. The Balaban J connectivity index is 1.87. The smallest absolute Gasteiger partial charge is 0.334 e. The van der Waals surface area contributed by atoms with Gasteiger partial charge in [0, 0.05) is 17.1 Å². The summed E-state index contributed by atoms with van der Waals surface area (Å²) in [4.78, 5) is 35.0. The molecule has 2 aliphatic carbocycles. The van der Waals surface area contributed by atoms with Gasteiger partial charge < -0.3 is 4.74 Å². The molecule has 1 saturated carbocycles. The second-order valence-corrected chi connectivity index (χ2v) is 6.53. The third-order valence-corrected chi connectivity index (χ3v) is 5.40. The molecule has 2 saturated heterocycles. The normalized spacial score (nSPS) is 44.8. The van der Waals surface area contributed by atoms with Crippen molar-refractivity contribution in [1.82, 2.24) is 0 Å². The topological polar surface area (TPSA) is 61.8 Å². The van der Waals surface area contributed by atoms with E-state index in [1.54, 1.807) is 6.08 Å². The van der Waals surface area contributed by atoms with Crippen molar-refractivity contribution in [2.75, 3.05) is 0 Å². The maximum Gasteiger partial charge on any atom is 0.334 e. The summed E-state index contributed by atoms with van der Waals surface area (Å²) in [6, 6.07) is 0. The summed E-state index contributed by atoms with van der Waals surface area (Å²) < 4.78 is 5.47. The lowest BCUT2D eigenvalue weighted by Gasteiger charge is -2.56. The molecule has 5 heteroatoms. The number of esters is 1. The Hall–Kier alpha value is -1.46. The first-order valence-corrected chi connectivity index (χ1v) is 6.89. The van der Waals surface area contributed by atoms with Gasteiger partial charge in [0.2, 0.25) is 0 Å². The zero-order valence-corrected chi connectivity index (χ0v) is 11.5. The molecule has 106 valence electrons. The SMILES string of the molecule is C=C1C(=O)O[C@@H]2C3=C[C@@H]4OO[C@]3(CC[C@@H]12)C(C)(C)C4=O. The quantitative estimate of drug-likeness (QED) is 0.290. The molecule has 0 amide bonds. The van der Waals surface area contributed by atoms with E-state index in [9.17, 15) is 9.59 Å². The molecule has 20 heavy (non-hydrogen) atoms. The predicted octanol–water partition coefficient (Wildman–Crippen LogP) is 1.48. The van der Waals surface area contributed by atoms with Crippen LogP contribution in [-0.2, 0) is 24.1 Å². The Morgan fingerprint density at radius 1 is 1.35 bits per heavy atom. The Labute approximate surface area is 116 Å². The lowest BCUT2D eigenvalue weighted by atomic mass is 9.55. The molecule has 3 aliphatic heterocycles. The minimum absolute atomic E-state index is 0.00627. The molecule has 0 aromatic heterocycles. The summed E-state index contributed by atoms with van der Waals surface area (Å²) in [7, 11) is 0. The maximum absolute atomic E-state index is 12.4. The van der Waals surface area contributed by atoms with Gasteiger partial charge in [0.05, 0.1) is 5.41 Å². The van der Waals surface area contributed by atoms with Crippen molar-refractivity contribution < 1.29 is 24.1 Å². The molecule has 0 aromatic rings. The van der Waals surface area contributed by atoms with Crippen LogP contribution in [0.1, 0.15) is 26.7 Å². The standard InChI is InChI=1S/C15H16O5/c1-7-8-4-5-15-9(11(8)18-13(7)17)6-10(19-20-15)12(16)14(15,2)3/h6,8,10-11H,1,4-5H2,2-3H3/t8-,10-,11-,15-/m0/s1. The number of ether oxygens (including phenoxy) is 1. The van der Waals surface area contributed by atoms with Gasteiger partial charge in [-0.2, -0.15) is 0 Å². The number of fused-ring (bicyclic) bond motifs is 3. The van der Waals surface area contributed by atoms with Gasteiger partial charge in [-0.25, -0.2) is 14.6 Å². The fourth-order valence-corrected chi connectivity index (χ4v) is 4.04. The van der Waals surface area contributed by atoms with E-state index in [0.29, 0.717) is 18.4 Å². The maximum atomic E-state index is 12.4. The molecule has 0 radical (unpaired) electrons. The zero-order valence-electron chi connectivity index (χ0n) is 11.5. The van der Waals surface area contributed by atoms with Gasteiger partial charge in [-0.1, -0.05) is 6.58 Å². The van der Waals surface area contributed by atoms with Gasteiger partial charge in [0.1, 0.15) is 11.7 Å². The van der Waals surface area contributed by atoms with Crippen LogP contribution in [0.25, 0.3) is 0 Å². The molecule has 1 spiro atoms. The Morgan fingerprint density at radius 3 is 2.85 bits per heavy atom. The number of ketones is 1. The molecule has 0 unspecified atom stereocenters. The lowest BCUT2D eigenvalue weighted by molar-refractivity contribution is -0.411. The highest BCUT2D eigenvalue weighted by Crippen LogP contribution is 2.59. The molecule has 0 N–H and O–H groups in total. The fraction of sp³-hybridized carbons (Fsp3) is 0.600. The Bertz CT molecular complexity index is 587. The minimum Gasteiger partial charge on any atom is -0.454 e. The highest BCUT2D eigenvalue weighted by Gasteiger charge is 2.67. The summed E-state index contributed by atoms with van der Waals surface area (Å²) in [5.41, 5.74) is -0.0921. The number of Topliss-reactive ketones (excluding diaryl/α,β-unsaturated/α-hetero) is 1. The highest BCUT2D eigenvalue weighted by molar-refractivity contribution is 5.95. The van der Waals surface area contributed by atoms with Crippen LogP contribution in [0.15, 0.2) is 23.8 Å². The number of hydrogen-bond acceptors (Lipinski definition) is 5. The van der Waals surface area contributed by atoms with Gasteiger partial charge in [-0.3, -0.25) is 4.79 Å². The number of hydrogen-bond donors (Lipinski definition) is 0. The van der Waals surface area contributed by atoms with Crippen LogP contribution in [0, 0.1) is 11.3 Å². The average molecular weight is 276 g/mol. The van der Waals surface area contributed by atoms with Gasteiger partial charge in [0.15, 0.2) is 11.9 Å². The van der Waals surface area contributed by atoms with Gasteiger partial charge in [0.25, 0.3) is 0 Å². The Morgan fingerprint density at radius 2 is 2.10 bits per heavy atom. The van der Waals surface area contributed by atoms with Gasteiger partial charge in [-0.05, 0) is 32.8 Å². The number of carbonyl (C=O) groups excluding carboxylic acids is 2. The van der Waals surface area contributed by atoms with E-state index < -0.39 is 17.1 Å². The van der Waals surface area contributed by atoms with Crippen LogP contribution in [0.3, 0.4) is 0 Å². The zero-order chi connectivity index (χ0) is 14.3. The molecular weight excluding hydrogens is 260 g/mol. The van der Waals surface area contributed by atoms with E-state index in [2.05, 4.69) is 6.58 Å². The molecule has 5 nitrogen and oxygen atoms in total. The lowest BCUT2D eigenvalue weighted by Crippen LogP contribution is -2.66. The van der Waals surface area contributed by atoms with Crippen molar-refractivity contribution >= 4 is 11.8 Å². The summed E-state index contributed by atoms with van der Waals surface area (Å²) in [5, 5.41) is 0. The molecular formula is C15H16O5. The van der Waals surface area contributed by atoms with Crippen molar-refractivity contribution in [3.63, 3.8) is 0 Å². The molecule has 4 atom stereocenters. The van der Waals surface area contributed by atoms with Crippen LogP contribution in [0.4, 0.5) is 0 Å². The first kappa shape index (κ1) is 12.3. The first-order chi connectivity index (χ1) is 9.38. The van der Waals surface area contributed by atoms with Crippen molar-refractivity contribution in [3.8, 4) is 0 Å².